The predicted octanol–water partition coefficient (Wildman–Crippen LogP) is 1.21. The third-order valence-corrected chi connectivity index (χ3v) is 2.26. The van der Waals surface area contributed by atoms with Gasteiger partial charge >= 0.3 is 5.97 Å². The highest BCUT2D eigenvalue weighted by Crippen LogP contribution is 2.17. The second kappa shape index (κ2) is 3.10. The van der Waals surface area contributed by atoms with Crippen molar-refractivity contribution in [1.82, 2.24) is 9.61 Å². The Morgan fingerprint density at radius 2 is 2.40 bits per heavy atom. The monoisotopic (exact) mass is 201 g/mol. The molecule has 0 radical (unpaired) electrons. The first-order valence-corrected chi connectivity index (χ1v) is 4.25. The first kappa shape index (κ1) is 9.21. The van der Waals surface area contributed by atoms with E-state index in [9.17, 15) is 4.79 Å². The van der Waals surface area contributed by atoms with Crippen LogP contribution in [0.2, 0.25) is 0 Å². The molecule has 5 heteroatoms. The van der Waals surface area contributed by atoms with Crippen LogP contribution in [0.25, 0.3) is 5.52 Å². The molecule has 0 atom stereocenters. The van der Waals surface area contributed by atoms with Crippen LogP contribution >= 0.6 is 0 Å². The molecule has 0 bridgehead atoms. The molecule has 0 aliphatic heterocycles. The normalized spacial score (nSPS) is 10.1. The number of aryl methyl sites for hydroxylation is 1. The van der Waals surface area contributed by atoms with Gasteiger partial charge in [0.1, 0.15) is 6.07 Å². The molecule has 0 aliphatic rings. The first-order valence-electron chi connectivity index (χ1n) is 4.25. The standard InChI is InChI=1S/C10H7N3O2/c1-6-8(10(14)15)5-13-9(6)2-7(3-11)4-12-13/h2,4-5H,1H3,(H,14,15). The van der Waals surface area contributed by atoms with E-state index in [1.54, 1.807) is 13.0 Å². The van der Waals surface area contributed by atoms with Crippen LogP contribution in [0, 0.1) is 18.3 Å². The number of hydrogen-bond acceptors (Lipinski definition) is 3. The van der Waals surface area contributed by atoms with Gasteiger partial charge in [0.25, 0.3) is 0 Å². The molecule has 2 heterocycles. The molecule has 0 amide bonds. The minimum atomic E-state index is -0.989. The molecule has 0 aromatic carbocycles. The van der Waals surface area contributed by atoms with E-state index in [-0.39, 0.29) is 5.56 Å². The predicted molar refractivity (Wildman–Crippen MR) is 51.6 cm³/mol. The van der Waals surface area contributed by atoms with Crippen molar-refractivity contribution in [3.63, 3.8) is 0 Å². The van der Waals surface area contributed by atoms with Crippen molar-refractivity contribution in [2.75, 3.05) is 0 Å². The van der Waals surface area contributed by atoms with Crippen molar-refractivity contribution >= 4 is 11.5 Å². The summed E-state index contributed by atoms with van der Waals surface area (Å²) in [6.07, 6.45) is 2.84. The van der Waals surface area contributed by atoms with Crippen LogP contribution in [0.4, 0.5) is 0 Å². The number of hydrogen-bond donors (Lipinski definition) is 1. The lowest BCUT2D eigenvalue weighted by Gasteiger charge is -1.94. The Balaban J connectivity index is 2.79. The third-order valence-electron chi connectivity index (χ3n) is 2.26. The van der Waals surface area contributed by atoms with Crippen molar-refractivity contribution in [1.29, 1.82) is 5.26 Å². The lowest BCUT2D eigenvalue weighted by atomic mass is 10.2. The zero-order chi connectivity index (χ0) is 11.0. The van der Waals surface area contributed by atoms with E-state index in [1.807, 2.05) is 6.07 Å². The van der Waals surface area contributed by atoms with Crippen molar-refractivity contribution in [3.05, 3.63) is 35.2 Å². The number of fused-ring (bicyclic) bond motifs is 1. The van der Waals surface area contributed by atoms with Crippen LogP contribution in [0.1, 0.15) is 21.5 Å². The van der Waals surface area contributed by atoms with E-state index < -0.39 is 5.97 Å². The summed E-state index contributed by atoms with van der Waals surface area (Å²) >= 11 is 0. The van der Waals surface area contributed by atoms with Gasteiger partial charge in [-0.2, -0.15) is 10.4 Å². The minimum absolute atomic E-state index is 0.206. The molecular formula is C10H7N3O2. The summed E-state index contributed by atoms with van der Waals surface area (Å²) in [6, 6.07) is 3.58. The van der Waals surface area contributed by atoms with Gasteiger partial charge in [-0.15, -0.1) is 0 Å². The molecule has 2 aromatic heterocycles. The van der Waals surface area contributed by atoms with Gasteiger partial charge in [-0.1, -0.05) is 0 Å². The average Bonchev–Trinajstić information content (AvgIpc) is 2.56. The van der Waals surface area contributed by atoms with Crippen LogP contribution in [0.3, 0.4) is 0 Å². The number of rotatable bonds is 1. The van der Waals surface area contributed by atoms with Gasteiger partial charge in [-0.05, 0) is 18.6 Å². The van der Waals surface area contributed by atoms with Crippen molar-refractivity contribution in [3.8, 4) is 6.07 Å². The molecule has 0 unspecified atom stereocenters. The minimum Gasteiger partial charge on any atom is -0.478 e. The van der Waals surface area contributed by atoms with Gasteiger partial charge in [0.05, 0.1) is 22.8 Å². The van der Waals surface area contributed by atoms with Crippen LogP contribution in [-0.4, -0.2) is 20.7 Å². The summed E-state index contributed by atoms with van der Waals surface area (Å²) in [5.74, 6) is -0.989. The Kier molecular flexibility index (Phi) is 1.90. The number of carboxylic acids is 1. The van der Waals surface area contributed by atoms with Gasteiger partial charge < -0.3 is 5.11 Å². The molecule has 74 valence electrons. The van der Waals surface area contributed by atoms with Gasteiger partial charge in [0.2, 0.25) is 0 Å². The maximum absolute atomic E-state index is 10.8. The fraction of sp³-hybridized carbons (Fsp3) is 0.100. The van der Waals surface area contributed by atoms with Gasteiger partial charge in [-0.3, -0.25) is 0 Å². The SMILES string of the molecule is Cc1c(C(=O)O)cn2ncc(C#N)cc12. The van der Waals surface area contributed by atoms with Crippen molar-refractivity contribution in [2.45, 2.75) is 6.92 Å². The molecule has 5 nitrogen and oxygen atoms in total. The van der Waals surface area contributed by atoms with Crippen molar-refractivity contribution in [2.24, 2.45) is 0 Å². The zero-order valence-corrected chi connectivity index (χ0v) is 7.93. The van der Waals surface area contributed by atoms with Crippen LogP contribution in [0.5, 0.6) is 0 Å². The second-order valence-electron chi connectivity index (χ2n) is 3.16. The van der Waals surface area contributed by atoms with E-state index in [4.69, 9.17) is 10.4 Å². The fourth-order valence-corrected chi connectivity index (χ4v) is 1.45. The number of nitrogens with zero attached hydrogens (tertiary/aromatic N) is 3. The number of nitriles is 1. The molecule has 1 N–H and O–H groups in total. The van der Waals surface area contributed by atoms with Gasteiger partial charge in [0.15, 0.2) is 0 Å². The summed E-state index contributed by atoms with van der Waals surface area (Å²) < 4.78 is 1.46. The van der Waals surface area contributed by atoms with E-state index in [0.29, 0.717) is 16.6 Å². The quantitative estimate of drug-likeness (QED) is 0.752. The Bertz CT molecular complexity index is 592. The van der Waals surface area contributed by atoms with E-state index >= 15 is 0 Å². The van der Waals surface area contributed by atoms with Crippen molar-refractivity contribution < 1.29 is 9.90 Å². The fourth-order valence-electron chi connectivity index (χ4n) is 1.45. The summed E-state index contributed by atoms with van der Waals surface area (Å²) in [5, 5.41) is 21.5. The maximum Gasteiger partial charge on any atom is 0.337 e. The number of carbonyl (C=O) groups is 1. The number of aromatic carboxylic acids is 1. The largest absolute Gasteiger partial charge is 0.478 e. The average molecular weight is 201 g/mol. The number of carboxylic acid groups (broad SMARTS) is 1. The Labute approximate surface area is 85.2 Å². The second-order valence-corrected chi connectivity index (χ2v) is 3.16. The zero-order valence-electron chi connectivity index (χ0n) is 7.93. The van der Waals surface area contributed by atoms with Crippen LogP contribution < -0.4 is 0 Å². The highest BCUT2D eigenvalue weighted by Gasteiger charge is 2.13. The molecule has 15 heavy (non-hydrogen) atoms. The molecule has 0 saturated heterocycles. The molecule has 0 saturated carbocycles. The van der Waals surface area contributed by atoms with E-state index in [1.165, 1.54) is 16.9 Å². The molecule has 2 aromatic rings. The van der Waals surface area contributed by atoms with Crippen LogP contribution in [-0.2, 0) is 0 Å². The lowest BCUT2D eigenvalue weighted by molar-refractivity contribution is 0.0696. The summed E-state index contributed by atoms with van der Waals surface area (Å²) in [5.41, 5.74) is 1.89. The molecule has 0 spiro atoms. The number of aromatic nitrogens is 2. The molecular weight excluding hydrogens is 194 g/mol. The third kappa shape index (κ3) is 1.32. The molecule has 0 aliphatic carbocycles. The highest BCUT2D eigenvalue weighted by molar-refractivity contribution is 5.92. The van der Waals surface area contributed by atoms with E-state index in [2.05, 4.69) is 5.10 Å². The smallest absolute Gasteiger partial charge is 0.337 e. The highest BCUT2D eigenvalue weighted by atomic mass is 16.4. The lowest BCUT2D eigenvalue weighted by Crippen LogP contribution is -1.95. The van der Waals surface area contributed by atoms with Gasteiger partial charge in [-0.25, -0.2) is 9.31 Å². The molecule has 2 rings (SSSR count). The topological polar surface area (TPSA) is 78.4 Å². The summed E-state index contributed by atoms with van der Waals surface area (Å²) in [7, 11) is 0. The Morgan fingerprint density at radius 1 is 1.67 bits per heavy atom. The van der Waals surface area contributed by atoms with Crippen LogP contribution in [0.15, 0.2) is 18.5 Å². The molecule has 0 fully saturated rings. The van der Waals surface area contributed by atoms with Gasteiger partial charge in [0, 0.05) is 6.20 Å². The summed E-state index contributed by atoms with van der Waals surface area (Å²) in [6.45, 7) is 1.70. The summed E-state index contributed by atoms with van der Waals surface area (Å²) in [4.78, 5) is 10.8. The Morgan fingerprint density at radius 3 is 3.00 bits per heavy atom. The van der Waals surface area contributed by atoms with E-state index in [0.717, 1.165) is 0 Å². The first-order chi connectivity index (χ1) is 7.13. The maximum atomic E-state index is 10.8. The Hall–Kier alpha value is -2.35.